The van der Waals surface area contributed by atoms with Gasteiger partial charge in [0.25, 0.3) is 5.91 Å². The monoisotopic (exact) mass is 419 g/mol. The van der Waals surface area contributed by atoms with E-state index >= 15 is 0 Å². The van der Waals surface area contributed by atoms with E-state index in [1.165, 1.54) is 18.5 Å². The SMILES string of the molecule is Cc1c(C2CC2)nc2ccc(NC(=O)c3ccc(Oc4ccc(Cl)nn4)cc3)cn12. The second-order valence-corrected chi connectivity index (χ2v) is 7.66. The fourth-order valence-corrected chi connectivity index (χ4v) is 3.46. The predicted octanol–water partition coefficient (Wildman–Crippen LogP) is 5.01. The number of nitrogens with one attached hydrogen (secondary N) is 1. The minimum absolute atomic E-state index is 0.202. The number of carbonyl (C=O) groups is 1. The number of benzene rings is 1. The van der Waals surface area contributed by atoms with Crippen LogP contribution in [0.3, 0.4) is 0 Å². The van der Waals surface area contributed by atoms with Crippen LogP contribution in [0.4, 0.5) is 5.69 Å². The number of fused-ring (bicyclic) bond motifs is 1. The molecule has 3 heterocycles. The lowest BCUT2D eigenvalue weighted by molar-refractivity contribution is 0.102. The molecule has 0 aliphatic heterocycles. The number of amides is 1. The Balaban J connectivity index is 1.30. The van der Waals surface area contributed by atoms with Gasteiger partial charge in [-0.25, -0.2) is 4.98 Å². The summed E-state index contributed by atoms with van der Waals surface area (Å²) in [5.74, 6) is 1.26. The first-order valence-electron chi connectivity index (χ1n) is 9.64. The Kier molecular flexibility index (Phi) is 4.59. The molecule has 8 heteroatoms. The van der Waals surface area contributed by atoms with E-state index in [4.69, 9.17) is 21.3 Å². The van der Waals surface area contributed by atoms with Crippen LogP contribution in [0.1, 0.15) is 40.5 Å². The van der Waals surface area contributed by atoms with E-state index in [1.54, 1.807) is 36.4 Å². The Bertz CT molecular complexity index is 1230. The summed E-state index contributed by atoms with van der Waals surface area (Å²) >= 11 is 5.72. The maximum Gasteiger partial charge on any atom is 0.255 e. The molecule has 1 aliphatic rings. The number of hydrogen-bond donors (Lipinski definition) is 1. The van der Waals surface area contributed by atoms with Gasteiger partial charge in [0.2, 0.25) is 5.88 Å². The van der Waals surface area contributed by atoms with Crippen molar-refractivity contribution in [2.75, 3.05) is 5.32 Å². The van der Waals surface area contributed by atoms with Gasteiger partial charge in [-0.05, 0) is 62.2 Å². The molecule has 0 unspecified atom stereocenters. The molecular formula is C22H18ClN5O2. The van der Waals surface area contributed by atoms with Gasteiger partial charge in [-0.3, -0.25) is 4.79 Å². The Hall–Kier alpha value is -3.45. The van der Waals surface area contributed by atoms with E-state index in [1.807, 2.05) is 22.7 Å². The third-order valence-electron chi connectivity index (χ3n) is 5.06. The Morgan fingerprint density at radius 3 is 2.60 bits per heavy atom. The van der Waals surface area contributed by atoms with Crippen LogP contribution in [0.2, 0.25) is 5.15 Å². The molecule has 1 saturated carbocycles. The number of halogens is 1. The second-order valence-electron chi connectivity index (χ2n) is 7.28. The third kappa shape index (κ3) is 3.71. The molecule has 0 bridgehead atoms. The van der Waals surface area contributed by atoms with Gasteiger partial charge < -0.3 is 14.5 Å². The first kappa shape index (κ1) is 18.6. The summed E-state index contributed by atoms with van der Waals surface area (Å²) < 4.78 is 7.64. The highest BCUT2D eigenvalue weighted by atomic mass is 35.5. The molecule has 1 aromatic carbocycles. The normalized spacial score (nSPS) is 13.4. The van der Waals surface area contributed by atoms with E-state index in [-0.39, 0.29) is 5.91 Å². The zero-order valence-corrected chi connectivity index (χ0v) is 16.9. The van der Waals surface area contributed by atoms with Crippen LogP contribution >= 0.6 is 11.6 Å². The van der Waals surface area contributed by atoms with Crippen LogP contribution in [0.15, 0.2) is 54.7 Å². The van der Waals surface area contributed by atoms with Crippen molar-refractivity contribution < 1.29 is 9.53 Å². The van der Waals surface area contributed by atoms with E-state index in [0.717, 1.165) is 11.3 Å². The fraction of sp³-hybridized carbons (Fsp3) is 0.182. The van der Waals surface area contributed by atoms with Crippen LogP contribution in [-0.2, 0) is 0 Å². The maximum atomic E-state index is 12.7. The summed E-state index contributed by atoms with van der Waals surface area (Å²) in [5.41, 5.74) is 4.44. The van der Waals surface area contributed by atoms with Crippen LogP contribution in [-0.4, -0.2) is 25.5 Å². The highest BCUT2D eigenvalue weighted by molar-refractivity contribution is 6.29. The second kappa shape index (κ2) is 7.42. The number of carbonyl (C=O) groups excluding carboxylic acids is 1. The van der Waals surface area contributed by atoms with Gasteiger partial charge >= 0.3 is 0 Å². The highest BCUT2D eigenvalue weighted by Gasteiger charge is 2.28. The van der Waals surface area contributed by atoms with Gasteiger partial charge in [0, 0.05) is 29.4 Å². The fourth-order valence-electron chi connectivity index (χ4n) is 3.35. The minimum atomic E-state index is -0.202. The van der Waals surface area contributed by atoms with Crippen LogP contribution in [0, 0.1) is 6.92 Å². The lowest BCUT2D eigenvalue weighted by Gasteiger charge is -2.08. The number of ether oxygens (including phenoxy) is 1. The van der Waals surface area contributed by atoms with E-state index in [9.17, 15) is 4.79 Å². The number of aromatic nitrogens is 4. The summed E-state index contributed by atoms with van der Waals surface area (Å²) in [5, 5.41) is 10.8. The lowest BCUT2D eigenvalue weighted by Crippen LogP contribution is -2.12. The maximum absolute atomic E-state index is 12.7. The Labute approximate surface area is 177 Å². The number of aryl methyl sites for hydroxylation is 1. The van der Waals surface area contributed by atoms with Crippen molar-refractivity contribution in [3.05, 3.63) is 76.8 Å². The standard InChI is InChI=1S/C22H18ClN5O2/c1-13-21(14-2-3-14)25-19-10-6-16(12-28(13)19)24-22(29)15-4-7-17(8-5-15)30-20-11-9-18(23)26-27-20/h4-12,14H,2-3H2,1H3,(H,24,29). The smallest absolute Gasteiger partial charge is 0.255 e. The number of imidazole rings is 1. The van der Waals surface area contributed by atoms with Gasteiger partial charge in [0.05, 0.1) is 11.4 Å². The third-order valence-corrected chi connectivity index (χ3v) is 5.26. The van der Waals surface area contributed by atoms with Crippen molar-refractivity contribution >= 4 is 28.8 Å². The quantitative estimate of drug-likeness (QED) is 0.491. The number of anilines is 1. The van der Waals surface area contributed by atoms with Crippen molar-refractivity contribution in [3.8, 4) is 11.6 Å². The molecule has 0 spiro atoms. The molecule has 5 rings (SSSR count). The molecule has 0 atom stereocenters. The van der Waals surface area contributed by atoms with E-state index < -0.39 is 0 Å². The Morgan fingerprint density at radius 1 is 1.10 bits per heavy atom. The van der Waals surface area contributed by atoms with Gasteiger partial charge in [-0.1, -0.05) is 11.6 Å². The molecule has 7 nitrogen and oxygen atoms in total. The number of rotatable bonds is 5. The first-order valence-corrected chi connectivity index (χ1v) is 10.0. The molecule has 1 aliphatic carbocycles. The molecule has 0 radical (unpaired) electrons. The highest BCUT2D eigenvalue weighted by Crippen LogP contribution is 2.41. The average Bonchev–Trinajstić information content (AvgIpc) is 3.55. The molecular weight excluding hydrogens is 402 g/mol. The molecule has 150 valence electrons. The molecule has 1 fully saturated rings. The number of pyridine rings is 1. The van der Waals surface area contributed by atoms with Crippen molar-refractivity contribution in [3.63, 3.8) is 0 Å². The van der Waals surface area contributed by atoms with Gasteiger partial charge in [0.15, 0.2) is 5.15 Å². The largest absolute Gasteiger partial charge is 0.438 e. The molecule has 3 aromatic heterocycles. The van der Waals surface area contributed by atoms with Crippen molar-refractivity contribution in [2.45, 2.75) is 25.7 Å². The van der Waals surface area contributed by atoms with Crippen molar-refractivity contribution in [1.82, 2.24) is 19.6 Å². The number of hydrogen-bond acceptors (Lipinski definition) is 5. The van der Waals surface area contributed by atoms with E-state index in [0.29, 0.717) is 34.0 Å². The van der Waals surface area contributed by atoms with Gasteiger partial charge in [-0.15, -0.1) is 10.2 Å². The molecule has 1 amide bonds. The Morgan fingerprint density at radius 2 is 1.90 bits per heavy atom. The van der Waals surface area contributed by atoms with Crippen LogP contribution in [0.25, 0.3) is 5.65 Å². The first-order chi connectivity index (χ1) is 14.6. The van der Waals surface area contributed by atoms with Gasteiger partial charge in [0.1, 0.15) is 11.4 Å². The zero-order valence-electron chi connectivity index (χ0n) is 16.2. The van der Waals surface area contributed by atoms with Crippen LogP contribution in [0.5, 0.6) is 11.6 Å². The summed E-state index contributed by atoms with van der Waals surface area (Å²) in [4.78, 5) is 17.4. The molecule has 1 N–H and O–H groups in total. The number of nitrogens with zero attached hydrogens (tertiary/aromatic N) is 4. The topological polar surface area (TPSA) is 81.4 Å². The lowest BCUT2D eigenvalue weighted by atomic mass is 10.2. The summed E-state index contributed by atoms with van der Waals surface area (Å²) in [6.07, 6.45) is 4.33. The molecule has 0 saturated heterocycles. The summed E-state index contributed by atoms with van der Waals surface area (Å²) in [6, 6.07) is 13.8. The zero-order chi connectivity index (χ0) is 20.7. The average molecular weight is 420 g/mol. The van der Waals surface area contributed by atoms with Gasteiger partial charge in [-0.2, -0.15) is 0 Å². The molecule has 30 heavy (non-hydrogen) atoms. The minimum Gasteiger partial charge on any atom is -0.438 e. The summed E-state index contributed by atoms with van der Waals surface area (Å²) in [6.45, 7) is 2.07. The predicted molar refractivity (Wildman–Crippen MR) is 113 cm³/mol. The van der Waals surface area contributed by atoms with Crippen LogP contribution < -0.4 is 10.1 Å². The molecule has 4 aromatic rings. The summed E-state index contributed by atoms with van der Waals surface area (Å²) in [7, 11) is 0. The van der Waals surface area contributed by atoms with Crippen molar-refractivity contribution in [2.24, 2.45) is 0 Å². The van der Waals surface area contributed by atoms with E-state index in [2.05, 4.69) is 22.4 Å². The van der Waals surface area contributed by atoms with Crippen molar-refractivity contribution in [1.29, 1.82) is 0 Å².